The van der Waals surface area contributed by atoms with E-state index in [0.717, 1.165) is 47.8 Å². The second-order valence-electron chi connectivity index (χ2n) is 6.90. The van der Waals surface area contributed by atoms with E-state index in [9.17, 15) is 4.79 Å². The van der Waals surface area contributed by atoms with Gasteiger partial charge in [0.15, 0.2) is 0 Å². The monoisotopic (exact) mass is 427 g/mol. The van der Waals surface area contributed by atoms with Crippen molar-refractivity contribution in [2.24, 2.45) is 0 Å². The molecule has 3 nitrogen and oxygen atoms in total. The summed E-state index contributed by atoms with van der Waals surface area (Å²) in [6.07, 6.45) is 8.30. The first kappa shape index (κ1) is 19.7. The fourth-order valence-corrected chi connectivity index (χ4v) is 3.77. The highest BCUT2D eigenvalue weighted by Crippen LogP contribution is 2.30. The maximum atomic E-state index is 11.7. The maximum Gasteiger partial charge on any atom is 0.333 e. The molecule has 4 heteroatoms. The second-order valence-corrected chi connectivity index (χ2v) is 7.81. The van der Waals surface area contributed by atoms with Crippen LogP contribution in [0.4, 0.5) is 5.69 Å². The van der Waals surface area contributed by atoms with Crippen LogP contribution in [0.15, 0.2) is 52.5 Å². The number of nitrogens with one attached hydrogen (secondary N) is 1. The highest BCUT2D eigenvalue weighted by atomic mass is 79.9. The van der Waals surface area contributed by atoms with Gasteiger partial charge in [0, 0.05) is 22.3 Å². The van der Waals surface area contributed by atoms with Gasteiger partial charge in [0.1, 0.15) is 0 Å². The van der Waals surface area contributed by atoms with E-state index in [1.807, 2.05) is 12.1 Å². The number of hydrogen-bond donors (Lipinski definition) is 1. The molecule has 0 bridgehead atoms. The average Bonchev–Trinajstić information content (AvgIpc) is 2.71. The molecule has 3 rings (SSSR count). The van der Waals surface area contributed by atoms with Gasteiger partial charge in [0.05, 0.1) is 7.11 Å². The maximum absolute atomic E-state index is 11.7. The largest absolute Gasteiger partial charge is 0.466 e. The van der Waals surface area contributed by atoms with Gasteiger partial charge < -0.3 is 10.1 Å². The standard InChI is InChI=1S/C23H26BrNO2/c1-27-23(26)19-11-14-21-18(16-19)7-5-8-22(21)25-15-4-2-3-6-17-9-12-20(24)13-10-17/h5,7-10,12-13,16,25H,2-4,6,11,14-15H2,1H3. The molecule has 0 atom stereocenters. The van der Waals surface area contributed by atoms with Crippen LogP contribution in [0, 0.1) is 0 Å². The first-order chi connectivity index (χ1) is 13.2. The van der Waals surface area contributed by atoms with E-state index in [4.69, 9.17) is 4.74 Å². The summed E-state index contributed by atoms with van der Waals surface area (Å²) in [6, 6.07) is 14.8. The summed E-state index contributed by atoms with van der Waals surface area (Å²) < 4.78 is 5.98. The predicted octanol–water partition coefficient (Wildman–Crippen LogP) is 5.78. The molecule has 0 aromatic heterocycles. The number of carbonyl (C=O) groups is 1. The summed E-state index contributed by atoms with van der Waals surface area (Å²) in [5.41, 5.74) is 5.79. The van der Waals surface area contributed by atoms with Crippen LogP contribution < -0.4 is 5.32 Å². The molecule has 0 unspecified atom stereocenters. The van der Waals surface area contributed by atoms with E-state index in [-0.39, 0.29) is 5.97 Å². The zero-order valence-electron chi connectivity index (χ0n) is 15.8. The van der Waals surface area contributed by atoms with Gasteiger partial charge in [-0.25, -0.2) is 4.79 Å². The van der Waals surface area contributed by atoms with Gasteiger partial charge in [0.2, 0.25) is 0 Å². The number of fused-ring (bicyclic) bond motifs is 1. The Balaban J connectivity index is 1.46. The summed E-state index contributed by atoms with van der Waals surface area (Å²) in [5, 5.41) is 3.59. The number of ether oxygens (including phenoxy) is 1. The first-order valence-electron chi connectivity index (χ1n) is 9.56. The van der Waals surface area contributed by atoms with E-state index in [1.54, 1.807) is 0 Å². The van der Waals surface area contributed by atoms with Crippen molar-refractivity contribution in [3.63, 3.8) is 0 Å². The zero-order valence-corrected chi connectivity index (χ0v) is 17.3. The van der Waals surface area contributed by atoms with E-state index in [1.165, 1.54) is 36.8 Å². The molecule has 0 spiro atoms. The molecule has 0 saturated heterocycles. The first-order valence-corrected chi connectivity index (χ1v) is 10.4. The molecule has 2 aromatic carbocycles. The van der Waals surface area contributed by atoms with Crippen molar-refractivity contribution < 1.29 is 9.53 Å². The number of halogens is 1. The lowest BCUT2D eigenvalue weighted by Gasteiger charge is -2.19. The van der Waals surface area contributed by atoms with Crippen LogP contribution in [0.3, 0.4) is 0 Å². The van der Waals surface area contributed by atoms with Gasteiger partial charge in [-0.15, -0.1) is 0 Å². The van der Waals surface area contributed by atoms with Crippen molar-refractivity contribution in [2.75, 3.05) is 19.0 Å². The molecule has 0 heterocycles. The Morgan fingerprint density at radius 3 is 2.67 bits per heavy atom. The fraction of sp³-hybridized carbons (Fsp3) is 0.348. The third-order valence-corrected chi connectivity index (χ3v) is 5.53. The topological polar surface area (TPSA) is 38.3 Å². The average molecular weight is 428 g/mol. The molecule has 1 N–H and O–H groups in total. The van der Waals surface area contributed by atoms with E-state index in [2.05, 4.69) is 57.6 Å². The zero-order chi connectivity index (χ0) is 19.1. The lowest BCUT2D eigenvalue weighted by atomic mass is 9.91. The smallest absolute Gasteiger partial charge is 0.333 e. The van der Waals surface area contributed by atoms with Crippen molar-refractivity contribution in [1.29, 1.82) is 0 Å². The summed E-state index contributed by atoms with van der Waals surface area (Å²) in [4.78, 5) is 11.7. The highest BCUT2D eigenvalue weighted by Gasteiger charge is 2.18. The van der Waals surface area contributed by atoms with Gasteiger partial charge in [0.25, 0.3) is 0 Å². The van der Waals surface area contributed by atoms with Gasteiger partial charge in [-0.05, 0) is 73.1 Å². The Labute approximate surface area is 169 Å². The number of rotatable bonds is 8. The molecule has 1 aliphatic carbocycles. The third kappa shape index (κ3) is 5.46. The quantitative estimate of drug-likeness (QED) is 0.428. The van der Waals surface area contributed by atoms with Gasteiger partial charge in [-0.1, -0.05) is 46.6 Å². The van der Waals surface area contributed by atoms with Crippen molar-refractivity contribution in [3.8, 4) is 0 Å². The van der Waals surface area contributed by atoms with Crippen molar-refractivity contribution in [1.82, 2.24) is 0 Å². The molecule has 0 radical (unpaired) electrons. The third-order valence-electron chi connectivity index (χ3n) is 5.00. The van der Waals surface area contributed by atoms with Gasteiger partial charge in [-0.3, -0.25) is 0 Å². The molecular weight excluding hydrogens is 402 g/mol. The van der Waals surface area contributed by atoms with Gasteiger partial charge in [-0.2, -0.15) is 0 Å². The lowest BCUT2D eigenvalue weighted by molar-refractivity contribution is -0.136. The fourth-order valence-electron chi connectivity index (χ4n) is 3.50. The Morgan fingerprint density at radius 2 is 1.89 bits per heavy atom. The van der Waals surface area contributed by atoms with Crippen LogP contribution in [0.1, 0.15) is 42.4 Å². The summed E-state index contributed by atoms with van der Waals surface area (Å²) in [5.74, 6) is -0.218. The second kappa shape index (κ2) is 9.75. The number of methoxy groups -OCH3 is 1. The molecule has 0 amide bonds. The SMILES string of the molecule is COC(=O)C1=Cc2cccc(NCCCCCc3ccc(Br)cc3)c2CC1. The van der Waals surface area contributed by atoms with Crippen LogP contribution in [-0.4, -0.2) is 19.6 Å². The minimum absolute atomic E-state index is 0.218. The summed E-state index contributed by atoms with van der Waals surface area (Å²) >= 11 is 3.48. The van der Waals surface area contributed by atoms with Crippen LogP contribution >= 0.6 is 15.9 Å². The number of carbonyl (C=O) groups excluding carboxylic acids is 1. The van der Waals surface area contributed by atoms with E-state index in [0.29, 0.717) is 0 Å². The molecule has 1 aliphatic rings. The van der Waals surface area contributed by atoms with Gasteiger partial charge >= 0.3 is 5.97 Å². The van der Waals surface area contributed by atoms with Crippen LogP contribution in [0.5, 0.6) is 0 Å². The molecule has 0 fully saturated rings. The normalized spacial score (nSPS) is 12.9. The number of hydrogen-bond acceptors (Lipinski definition) is 3. The van der Waals surface area contributed by atoms with E-state index >= 15 is 0 Å². The molecule has 2 aromatic rings. The minimum Gasteiger partial charge on any atom is -0.466 e. The Bertz CT molecular complexity index is 812. The Morgan fingerprint density at radius 1 is 1.07 bits per heavy atom. The van der Waals surface area contributed by atoms with Crippen molar-refractivity contribution in [3.05, 3.63) is 69.2 Å². The molecular formula is C23H26BrNO2. The number of unbranched alkanes of at least 4 members (excludes halogenated alkanes) is 2. The Kier molecular flexibility index (Phi) is 7.11. The lowest BCUT2D eigenvalue weighted by Crippen LogP contribution is -2.12. The van der Waals surface area contributed by atoms with Crippen LogP contribution in [0.25, 0.3) is 6.08 Å². The van der Waals surface area contributed by atoms with Crippen molar-refractivity contribution in [2.45, 2.75) is 38.5 Å². The number of aryl methyl sites for hydroxylation is 1. The molecule has 142 valence electrons. The number of esters is 1. The predicted molar refractivity (Wildman–Crippen MR) is 115 cm³/mol. The van der Waals surface area contributed by atoms with Crippen LogP contribution in [-0.2, 0) is 22.4 Å². The molecule has 0 saturated carbocycles. The van der Waals surface area contributed by atoms with Crippen LogP contribution in [0.2, 0.25) is 0 Å². The number of anilines is 1. The van der Waals surface area contributed by atoms with E-state index < -0.39 is 0 Å². The summed E-state index contributed by atoms with van der Waals surface area (Å²) in [6.45, 7) is 0.977. The highest BCUT2D eigenvalue weighted by molar-refractivity contribution is 9.10. The minimum atomic E-state index is -0.218. The van der Waals surface area contributed by atoms with Crippen molar-refractivity contribution >= 4 is 33.7 Å². The summed E-state index contributed by atoms with van der Waals surface area (Å²) in [7, 11) is 1.44. The molecule has 0 aliphatic heterocycles. The molecule has 27 heavy (non-hydrogen) atoms. The Hall–Kier alpha value is -2.07. The number of benzene rings is 2.